The van der Waals surface area contributed by atoms with E-state index in [-0.39, 0.29) is 0 Å². The van der Waals surface area contributed by atoms with Crippen LogP contribution in [0, 0.1) is 0 Å². The lowest BCUT2D eigenvalue weighted by atomic mass is 9.86. The standard InChI is InChI=1S/C18H16.C10H10/c1-3-7-15-13(5-1)9-11-18-16-8-4-2-6-14(16)10-12-17(15)18;1-8-6-7-9-4-2-3-5-10(8)9/h1,3,5,7,9-12H,2,4,6,8H2;2-8H,1H3. The zero-order valence-electron chi connectivity index (χ0n) is 16.5. The van der Waals surface area contributed by atoms with E-state index in [2.05, 4.69) is 91.9 Å². The van der Waals surface area contributed by atoms with Crippen LogP contribution in [0.15, 0.2) is 78.9 Å². The third-order valence-corrected chi connectivity index (χ3v) is 6.31. The van der Waals surface area contributed by atoms with Gasteiger partial charge in [0.2, 0.25) is 0 Å². The van der Waals surface area contributed by atoms with Gasteiger partial charge < -0.3 is 0 Å². The lowest BCUT2D eigenvalue weighted by Gasteiger charge is -2.18. The van der Waals surface area contributed by atoms with E-state index in [1.54, 1.807) is 11.1 Å². The third kappa shape index (κ3) is 3.03. The van der Waals surface area contributed by atoms with Gasteiger partial charge in [-0.2, -0.15) is 0 Å². The summed E-state index contributed by atoms with van der Waals surface area (Å²) in [6.07, 6.45) is 9.65. The molecule has 2 aliphatic rings. The number of allylic oxidation sites excluding steroid dienone is 1. The summed E-state index contributed by atoms with van der Waals surface area (Å²) < 4.78 is 0. The Hall–Kier alpha value is -2.86. The van der Waals surface area contributed by atoms with Crippen LogP contribution in [0.1, 0.15) is 47.9 Å². The molecule has 0 amide bonds. The predicted octanol–water partition coefficient (Wildman–Crippen LogP) is 7.69. The highest BCUT2D eigenvalue weighted by atomic mass is 14.2. The maximum absolute atomic E-state index is 2.35. The van der Waals surface area contributed by atoms with Crippen LogP contribution >= 0.6 is 0 Å². The van der Waals surface area contributed by atoms with Crippen LogP contribution < -0.4 is 0 Å². The Morgan fingerprint density at radius 2 is 1.46 bits per heavy atom. The molecular formula is C28H26. The van der Waals surface area contributed by atoms with Crippen molar-refractivity contribution in [3.63, 3.8) is 0 Å². The average molecular weight is 363 g/mol. The van der Waals surface area contributed by atoms with E-state index in [0.29, 0.717) is 5.92 Å². The van der Waals surface area contributed by atoms with Gasteiger partial charge in [0.15, 0.2) is 0 Å². The van der Waals surface area contributed by atoms with Crippen LogP contribution in [0.3, 0.4) is 0 Å². The summed E-state index contributed by atoms with van der Waals surface area (Å²) in [7, 11) is 0. The van der Waals surface area contributed by atoms with Gasteiger partial charge in [0.1, 0.15) is 0 Å². The van der Waals surface area contributed by atoms with Crippen molar-refractivity contribution in [3.8, 4) is 0 Å². The van der Waals surface area contributed by atoms with Crippen LogP contribution in [0.5, 0.6) is 0 Å². The molecule has 28 heavy (non-hydrogen) atoms. The highest BCUT2D eigenvalue weighted by Crippen LogP contribution is 2.33. The number of aryl methyl sites for hydroxylation is 2. The highest BCUT2D eigenvalue weighted by Gasteiger charge is 2.13. The summed E-state index contributed by atoms with van der Waals surface area (Å²) in [5.41, 5.74) is 6.02. The first-order chi connectivity index (χ1) is 13.8. The van der Waals surface area contributed by atoms with E-state index in [4.69, 9.17) is 0 Å². The van der Waals surface area contributed by atoms with Crippen LogP contribution in [0.25, 0.3) is 27.6 Å². The van der Waals surface area contributed by atoms with Crippen molar-refractivity contribution >= 4 is 27.6 Å². The first-order valence-electron chi connectivity index (χ1n) is 10.5. The Morgan fingerprint density at radius 3 is 2.39 bits per heavy atom. The maximum Gasteiger partial charge on any atom is -0.000118 e. The van der Waals surface area contributed by atoms with Gasteiger partial charge >= 0.3 is 0 Å². The normalized spacial score (nSPS) is 17.1. The van der Waals surface area contributed by atoms with Crippen molar-refractivity contribution < 1.29 is 0 Å². The van der Waals surface area contributed by atoms with E-state index in [1.807, 2.05) is 0 Å². The fourth-order valence-corrected chi connectivity index (χ4v) is 4.77. The summed E-state index contributed by atoms with van der Waals surface area (Å²) in [4.78, 5) is 0. The zero-order valence-corrected chi connectivity index (χ0v) is 16.5. The van der Waals surface area contributed by atoms with Crippen molar-refractivity contribution in [2.24, 2.45) is 0 Å². The van der Waals surface area contributed by atoms with E-state index in [0.717, 1.165) is 0 Å². The summed E-state index contributed by atoms with van der Waals surface area (Å²) >= 11 is 0. The van der Waals surface area contributed by atoms with Gasteiger partial charge in [0.05, 0.1) is 0 Å². The third-order valence-electron chi connectivity index (χ3n) is 6.31. The molecule has 0 aromatic heterocycles. The van der Waals surface area contributed by atoms with Gasteiger partial charge in [-0.1, -0.05) is 91.9 Å². The number of rotatable bonds is 0. The maximum atomic E-state index is 2.35. The SMILES string of the molecule is CC1C=Cc2ccccc21.c1ccc2c(c1)ccc1c3c(ccc12)CCCC3. The van der Waals surface area contributed by atoms with Gasteiger partial charge in [-0.05, 0) is 75.4 Å². The minimum atomic E-state index is 0.621. The molecule has 0 nitrogen and oxygen atoms in total. The molecule has 0 fully saturated rings. The van der Waals surface area contributed by atoms with Crippen molar-refractivity contribution in [2.75, 3.05) is 0 Å². The average Bonchev–Trinajstić information content (AvgIpc) is 3.15. The van der Waals surface area contributed by atoms with Gasteiger partial charge in [0, 0.05) is 0 Å². The van der Waals surface area contributed by atoms with Gasteiger partial charge in [-0.15, -0.1) is 0 Å². The predicted molar refractivity (Wildman–Crippen MR) is 122 cm³/mol. The number of hydrogen-bond acceptors (Lipinski definition) is 0. The fourth-order valence-electron chi connectivity index (χ4n) is 4.77. The molecule has 2 aliphatic carbocycles. The molecule has 4 aromatic rings. The Balaban J connectivity index is 0.000000145. The van der Waals surface area contributed by atoms with Crippen LogP contribution in [-0.2, 0) is 12.8 Å². The fraction of sp³-hybridized carbons (Fsp3) is 0.214. The Morgan fingerprint density at radius 1 is 0.679 bits per heavy atom. The monoisotopic (exact) mass is 362 g/mol. The van der Waals surface area contributed by atoms with Gasteiger partial charge in [-0.25, -0.2) is 0 Å². The molecule has 0 heteroatoms. The van der Waals surface area contributed by atoms with Gasteiger partial charge in [0.25, 0.3) is 0 Å². The lowest BCUT2D eigenvalue weighted by molar-refractivity contribution is 0.690. The second-order valence-corrected chi connectivity index (χ2v) is 8.07. The molecule has 0 aliphatic heterocycles. The highest BCUT2D eigenvalue weighted by molar-refractivity contribution is 6.08. The first-order valence-corrected chi connectivity index (χ1v) is 10.5. The quantitative estimate of drug-likeness (QED) is 0.281. The molecule has 0 radical (unpaired) electrons. The summed E-state index contributed by atoms with van der Waals surface area (Å²) in [5, 5.41) is 5.64. The van der Waals surface area contributed by atoms with E-state index < -0.39 is 0 Å². The lowest BCUT2D eigenvalue weighted by Crippen LogP contribution is -2.02. The molecule has 6 rings (SSSR count). The van der Waals surface area contributed by atoms with Crippen molar-refractivity contribution in [1.29, 1.82) is 0 Å². The van der Waals surface area contributed by atoms with Crippen molar-refractivity contribution in [1.82, 2.24) is 0 Å². The molecule has 0 saturated heterocycles. The molecular weight excluding hydrogens is 336 g/mol. The molecule has 0 spiro atoms. The topological polar surface area (TPSA) is 0 Å². The van der Waals surface area contributed by atoms with E-state index in [1.165, 1.54) is 58.4 Å². The summed E-state index contributed by atoms with van der Waals surface area (Å²) in [5.74, 6) is 0.621. The Bertz CT molecular complexity index is 1180. The largest absolute Gasteiger partial charge is 0.0767 e. The second-order valence-electron chi connectivity index (χ2n) is 8.07. The molecule has 1 atom stereocenters. The first kappa shape index (κ1) is 17.3. The Labute approximate surface area is 167 Å². The van der Waals surface area contributed by atoms with Crippen LogP contribution in [0.2, 0.25) is 0 Å². The molecule has 1 unspecified atom stereocenters. The van der Waals surface area contributed by atoms with Crippen molar-refractivity contribution in [2.45, 2.75) is 38.5 Å². The van der Waals surface area contributed by atoms with Crippen LogP contribution in [0.4, 0.5) is 0 Å². The van der Waals surface area contributed by atoms with Gasteiger partial charge in [-0.3, -0.25) is 0 Å². The molecule has 4 aromatic carbocycles. The zero-order chi connectivity index (χ0) is 18.9. The minimum absolute atomic E-state index is 0.621. The number of hydrogen-bond donors (Lipinski definition) is 0. The molecule has 0 bridgehead atoms. The number of fused-ring (bicyclic) bond motifs is 6. The molecule has 0 saturated carbocycles. The number of benzene rings is 4. The minimum Gasteiger partial charge on any atom is -0.0767 e. The second kappa shape index (κ2) is 7.28. The summed E-state index contributed by atoms with van der Waals surface area (Å²) in [6.45, 7) is 2.22. The van der Waals surface area contributed by atoms with E-state index >= 15 is 0 Å². The van der Waals surface area contributed by atoms with Crippen molar-refractivity contribution in [3.05, 3.63) is 101 Å². The Kier molecular flexibility index (Phi) is 4.49. The molecule has 0 N–H and O–H groups in total. The molecule has 138 valence electrons. The van der Waals surface area contributed by atoms with E-state index in [9.17, 15) is 0 Å². The molecule has 0 heterocycles. The van der Waals surface area contributed by atoms with Crippen LogP contribution in [-0.4, -0.2) is 0 Å². The smallest absolute Gasteiger partial charge is 0.000118 e. The summed E-state index contributed by atoms with van der Waals surface area (Å²) in [6, 6.07) is 26.5.